The van der Waals surface area contributed by atoms with Gasteiger partial charge in [-0.2, -0.15) is 0 Å². The van der Waals surface area contributed by atoms with Crippen LogP contribution in [0.2, 0.25) is 0 Å². The predicted molar refractivity (Wildman–Crippen MR) is 80.3 cm³/mol. The van der Waals surface area contributed by atoms with Crippen molar-refractivity contribution in [2.45, 2.75) is 37.5 Å². The number of piperidine rings is 1. The Kier molecular flexibility index (Phi) is 5.65. The molecule has 0 spiro atoms. The van der Waals surface area contributed by atoms with Crippen LogP contribution in [0.4, 0.5) is 0 Å². The predicted octanol–water partition coefficient (Wildman–Crippen LogP) is -1.13. The van der Waals surface area contributed by atoms with Crippen molar-refractivity contribution >= 4 is 11.9 Å². The molecule has 2 heterocycles. The first-order valence-electron chi connectivity index (χ1n) is 7.67. The average Bonchev–Trinajstić information content (AvgIpc) is 2.78. The Hall–Kier alpha value is -1.59. The van der Waals surface area contributed by atoms with Gasteiger partial charge in [0.15, 0.2) is 0 Å². The highest BCUT2D eigenvalue weighted by molar-refractivity contribution is 5.89. The Balaban J connectivity index is 0.00000192. The molecule has 2 fully saturated rings. The van der Waals surface area contributed by atoms with Crippen molar-refractivity contribution in [3.05, 3.63) is 35.9 Å². The molecule has 0 radical (unpaired) electrons. The molecule has 0 aromatic heterocycles. The molecule has 126 valence electrons. The lowest BCUT2D eigenvalue weighted by molar-refractivity contribution is -0.156. The van der Waals surface area contributed by atoms with Crippen LogP contribution >= 0.6 is 0 Å². The summed E-state index contributed by atoms with van der Waals surface area (Å²) in [5.41, 5.74) is 0.511. The fourth-order valence-electron chi connectivity index (χ4n) is 3.77. The molecule has 2 aliphatic rings. The zero-order valence-corrected chi connectivity index (χ0v) is 14.0. The third kappa shape index (κ3) is 3.35. The highest BCUT2D eigenvalue weighted by Gasteiger charge is 2.50. The van der Waals surface area contributed by atoms with Crippen LogP contribution in [-0.2, 0) is 14.3 Å². The van der Waals surface area contributed by atoms with Crippen molar-refractivity contribution in [3.8, 4) is 0 Å². The third-order valence-corrected chi connectivity index (χ3v) is 4.96. The van der Waals surface area contributed by atoms with Crippen LogP contribution in [0.15, 0.2) is 30.3 Å². The second-order valence-corrected chi connectivity index (χ2v) is 6.06. The quantitative estimate of drug-likeness (QED) is 0.653. The minimum absolute atomic E-state index is 0. The topological polar surface area (TPSA) is 55.8 Å². The lowest BCUT2D eigenvalue weighted by atomic mass is 9.87. The van der Waals surface area contributed by atoms with E-state index in [0.29, 0.717) is 18.0 Å². The summed E-state index contributed by atoms with van der Waals surface area (Å²) in [6.07, 6.45) is 2.26. The number of nitrogens with zero attached hydrogens (tertiary/aromatic N) is 1. The number of hydrogen-bond acceptors (Lipinski definition) is 5. The lowest BCUT2D eigenvalue weighted by Crippen LogP contribution is -3.00. The van der Waals surface area contributed by atoms with Gasteiger partial charge < -0.3 is 21.9 Å². The van der Waals surface area contributed by atoms with Gasteiger partial charge in [-0.1, -0.05) is 18.2 Å². The molecule has 1 aromatic rings. The summed E-state index contributed by atoms with van der Waals surface area (Å²) < 4.78 is 10.6. The van der Waals surface area contributed by atoms with E-state index in [1.54, 1.807) is 24.3 Å². The van der Waals surface area contributed by atoms with Crippen molar-refractivity contribution in [1.29, 1.82) is 0 Å². The Morgan fingerprint density at radius 2 is 1.87 bits per heavy atom. The molecular weight excluding hydrogens is 318 g/mol. The summed E-state index contributed by atoms with van der Waals surface area (Å²) in [4.78, 5) is 26.7. The number of carbonyl (C=O) groups is 2. The highest BCUT2D eigenvalue weighted by Crippen LogP contribution is 2.40. The molecule has 2 saturated heterocycles. The zero-order valence-electron chi connectivity index (χ0n) is 13.3. The molecule has 2 unspecified atom stereocenters. The Bertz CT molecular complexity index is 565. The summed E-state index contributed by atoms with van der Waals surface area (Å²) in [5.74, 6) is -1.06. The van der Waals surface area contributed by atoms with Gasteiger partial charge in [0.05, 0.1) is 12.7 Å². The lowest BCUT2D eigenvalue weighted by Gasteiger charge is -2.40. The maximum Gasteiger partial charge on any atom is 0.338 e. The van der Waals surface area contributed by atoms with E-state index in [1.807, 2.05) is 13.1 Å². The van der Waals surface area contributed by atoms with Crippen molar-refractivity contribution in [2.75, 3.05) is 14.2 Å². The van der Waals surface area contributed by atoms with Gasteiger partial charge in [0, 0.05) is 18.5 Å². The zero-order chi connectivity index (χ0) is 15.7. The molecule has 6 heteroatoms. The highest BCUT2D eigenvalue weighted by atomic mass is 35.5. The largest absolute Gasteiger partial charge is 1.00 e. The SMILES string of the molecule is COC(=O)[C@@H]1C2CCC(C[C@@H]1OC(=O)c1ccccc1)N2C.[Cl-]. The summed E-state index contributed by atoms with van der Waals surface area (Å²) in [7, 11) is 3.42. The van der Waals surface area contributed by atoms with Gasteiger partial charge in [-0.3, -0.25) is 9.69 Å². The molecule has 2 bridgehead atoms. The number of hydrogen-bond donors (Lipinski definition) is 0. The Morgan fingerprint density at radius 3 is 2.52 bits per heavy atom. The van der Waals surface area contributed by atoms with Crippen LogP contribution in [0.3, 0.4) is 0 Å². The van der Waals surface area contributed by atoms with Crippen LogP contribution in [-0.4, -0.2) is 49.2 Å². The van der Waals surface area contributed by atoms with Gasteiger partial charge in [-0.05, 0) is 32.0 Å². The van der Waals surface area contributed by atoms with E-state index >= 15 is 0 Å². The monoisotopic (exact) mass is 338 g/mol. The number of fused-ring (bicyclic) bond motifs is 2. The molecule has 0 amide bonds. The molecule has 23 heavy (non-hydrogen) atoms. The number of halogens is 1. The van der Waals surface area contributed by atoms with Crippen molar-refractivity contribution in [3.63, 3.8) is 0 Å². The fraction of sp³-hybridized carbons (Fsp3) is 0.529. The first kappa shape index (κ1) is 17.8. The maximum atomic E-state index is 12.3. The van der Waals surface area contributed by atoms with E-state index in [0.717, 1.165) is 12.8 Å². The molecule has 0 N–H and O–H groups in total. The third-order valence-electron chi connectivity index (χ3n) is 4.96. The average molecular weight is 339 g/mol. The van der Waals surface area contributed by atoms with E-state index in [2.05, 4.69) is 4.90 Å². The first-order valence-corrected chi connectivity index (χ1v) is 7.67. The first-order chi connectivity index (χ1) is 10.6. The smallest absolute Gasteiger partial charge is 0.338 e. The van der Waals surface area contributed by atoms with Crippen LogP contribution in [0, 0.1) is 5.92 Å². The molecular formula is C17H21ClNO4-. The molecule has 5 nitrogen and oxygen atoms in total. The summed E-state index contributed by atoms with van der Waals surface area (Å²) in [5, 5.41) is 0. The minimum atomic E-state index is -0.408. The Labute approximate surface area is 142 Å². The van der Waals surface area contributed by atoms with E-state index in [4.69, 9.17) is 9.47 Å². The molecule has 2 aliphatic heterocycles. The van der Waals surface area contributed by atoms with E-state index < -0.39 is 12.0 Å². The molecule has 1 aromatic carbocycles. The number of esters is 2. The van der Waals surface area contributed by atoms with Crippen molar-refractivity contribution in [2.24, 2.45) is 5.92 Å². The molecule has 0 aliphatic carbocycles. The van der Waals surface area contributed by atoms with Crippen molar-refractivity contribution < 1.29 is 31.5 Å². The van der Waals surface area contributed by atoms with E-state index in [-0.39, 0.29) is 30.4 Å². The standard InChI is InChI=1S/C17H21NO4.ClH/c1-18-12-8-9-13(18)15(17(20)21-2)14(10-12)22-16(19)11-6-4-3-5-7-11;/h3-7,12-15H,8-10H2,1-2H3;1H/p-1/t12?,13?,14-,15+;/m0./s1. The molecule has 4 atom stereocenters. The van der Waals surface area contributed by atoms with Crippen LogP contribution in [0.5, 0.6) is 0 Å². The summed E-state index contributed by atoms with van der Waals surface area (Å²) >= 11 is 0. The van der Waals surface area contributed by atoms with Crippen LogP contribution in [0.25, 0.3) is 0 Å². The van der Waals surface area contributed by atoms with Gasteiger partial charge in [-0.15, -0.1) is 0 Å². The van der Waals surface area contributed by atoms with Crippen molar-refractivity contribution in [1.82, 2.24) is 4.90 Å². The fourth-order valence-corrected chi connectivity index (χ4v) is 3.77. The van der Waals surface area contributed by atoms with Gasteiger partial charge in [0.25, 0.3) is 0 Å². The number of benzene rings is 1. The summed E-state index contributed by atoms with van der Waals surface area (Å²) in [6.45, 7) is 0. The van der Waals surface area contributed by atoms with Gasteiger partial charge in [0.2, 0.25) is 0 Å². The van der Waals surface area contributed by atoms with E-state index in [9.17, 15) is 9.59 Å². The van der Waals surface area contributed by atoms with E-state index in [1.165, 1.54) is 7.11 Å². The second kappa shape index (κ2) is 7.32. The van der Waals surface area contributed by atoms with Gasteiger partial charge >= 0.3 is 11.9 Å². The summed E-state index contributed by atoms with van der Waals surface area (Å²) in [6, 6.07) is 9.36. The molecule has 3 rings (SSSR count). The number of rotatable bonds is 3. The van der Waals surface area contributed by atoms with Crippen LogP contribution < -0.4 is 12.4 Å². The normalized spacial score (nSPS) is 29.5. The van der Waals surface area contributed by atoms with Gasteiger partial charge in [-0.25, -0.2) is 4.79 Å². The number of carbonyl (C=O) groups excluding carboxylic acids is 2. The second-order valence-electron chi connectivity index (χ2n) is 6.06. The number of ether oxygens (including phenoxy) is 2. The van der Waals surface area contributed by atoms with Crippen LogP contribution in [0.1, 0.15) is 29.6 Å². The minimum Gasteiger partial charge on any atom is -1.00 e. The number of methoxy groups -OCH3 is 1. The molecule has 0 saturated carbocycles. The maximum absolute atomic E-state index is 12.3. The van der Waals surface area contributed by atoms with Gasteiger partial charge in [0.1, 0.15) is 12.0 Å². The Morgan fingerprint density at radius 1 is 1.17 bits per heavy atom.